The molecule has 202 valence electrons. The van der Waals surface area contributed by atoms with Crippen molar-refractivity contribution in [3.8, 4) is 11.1 Å². The smallest absolute Gasteiger partial charge is 0.292 e. The summed E-state index contributed by atoms with van der Waals surface area (Å²) in [6.45, 7) is 10.4. The number of fused-ring (bicyclic) bond motifs is 1. The van der Waals surface area contributed by atoms with Gasteiger partial charge in [-0.25, -0.2) is 9.37 Å². The molecular weight excluding hydrogens is 503 g/mol. The Morgan fingerprint density at radius 2 is 2.13 bits per heavy atom. The molecule has 4 aromatic rings. The van der Waals surface area contributed by atoms with Gasteiger partial charge in [-0.05, 0) is 35.8 Å². The highest BCUT2D eigenvalue weighted by molar-refractivity contribution is 6.01. The van der Waals surface area contributed by atoms with E-state index in [2.05, 4.69) is 47.4 Å². The lowest BCUT2D eigenvalue weighted by Crippen LogP contribution is -2.36. The van der Waals surface area contributed by atoms with Gasteiger partial charge in [0.25, 0.3) is 11.7 Å². The molecule has 1 atom stereocenters. The highest BCUT2D eigenvalue weighted by atomic mass is 19.1. The fourth-order valence-electron chi connectivity index (χ4n) is 4.47. The number of hydrogen-bond donors (Lipinski definition) is 3. The number of H-pyrrole nitrogens is 1. The Balaban J connectivity index is 1.34. The number of nitrogens with one attached hydrogen (secondary N) is 3. The van der Waals surface area contributed by atoms with Crippen LogP contribution in [0.25, 0.3) is 22.2 Å². The minimum absolute atomic E-state index is 0.0261. The number of benzene rings is 1. The molecule has 39 heavy (non-hydrogen) atoms. The number of amides is 2. The molecule has 5 rings (SSSR count). The van der Waals surface area contributed by atoms with Crippen LogP contribution < -0.4 is 15.5 Å². The lowest BCUT2D eigenvalue weighted by atomic mass is 9.97. The maximum atomic E-state index is 15.2. The number of hydrogen-bond acceptors (Lipinski definition) is 8. The molecule has 1 aliphatic rings. The topological polar surface area (TPSA) is 142 Å². The number of aromatic amines is 1. The van der Waals surface area contributed by atoms with Gasteiger partial charge in [-0.1, -0.05) is 44.6 Å². The van der Waals surface area contributed by atoms with Crippen LogP contribution in [-0.2, 0) is 16.8 Å². The van der Waals surface area contributed by atoms with Crippen molar-refractivity contribution in [1.29, 1.82) is 0 Å². The Labute approximate surface area is 223 Å². The van der Waals surface area contributed by atoms with Crippen molar-refractivity contribution >= 4 is 28.7 Å². The first-order valence-corrected chi connectivity index (χ1v) is 12.6. The number of carbonyl (C=O) groups excluding carboxylic acids is 2. The maximum absolute atomic E-state index is 15.2. The van der Waals surface area contributed by atoms with E-state index in [4.69, 9.17) is 4.52 Å². The highest BCUT2D eigenvalue weighted by Gasteiger charge is 2.28. The Morgan fingerprint density at radius 1 is 1.31 bits per heavy atom. The molecule has 1 saturated heterocycles. The minimum atomic E-state index is -0.551. The number of anilines is 1. The third-order valence-corrected chi connectivity index (χ3v) is 6.54. The normalized spacial score (nSPS) is 15.5. The lowest BCUT2D eigenvalue weighted by Gasteiger charge is -2.17. The predicted molar refractivity (Wildman–Crippen MR) is 142 cm³/mol. The Hall–Kier alpha value is -4.61. The zero-order chi connectivity index (χ0) is 27.7. The third kappa shape index (κ3) is 5.35. The molecule has 0 bridgehead atoms. The van der Waals surface area contributed by atoms with Crippen molar-refractivity contribution in [2.24, 2.45) is 0 Å². The maximum Gasteiger partial charge on any atom is 0.292 e. The number of nitrogens with zero attached hydrogens (tertiary/aromatic N) is 5. The fourth-order valence-corrected chi connectivity index (χ4v) is 4.47. The van der Waals surface area contributed by atoms with Crippen molar-refractivity contribution in [2.75, 3.05) is 18.0 Å². The number of aromatic nitrogens is 5. The molecule has 1 fully saturated rings. The van der Waals surface area contributed by atoms with Crippen LogP contribution in [0, 0.1) is 5.82 Å². The van der Waals surface area contributed by atoms with Gasteiger partial charge in [-0.3, -0.25) is 14.7 Å². The van der Waals surface area contributed by atoms with Crippen molar-refractivity contribution in [3.05, 3.63) is 66.2 Å². The third-order valence-electron chi connectivity index (χ3n) is 6.54. The van der Waals surface area contributed by atoms with E-state index >= 15 is 4.39 Å². The zero-order valence-electron chi connectivity index (χ0n) is 21.9. The van der Waals surface area contributed by atoms with Gasteiger partial charge in [0.1, 0.15) is 5.82 Å². The largest absolute Gasteiger partial charge is 0.352 e. The molecule has 0 radical (unpaired) electrons. The molecular formula is C27H29FN8O3. The van der Waals surface area contributed by atoms with Gasteiger partial charge in [-0.15, -0.1) is 0 Å². The average molecular weight is 533 g/mol. The Bertz CT molecular complexity index is 1550. The van der Waals surface area contributed by atoms with E-state index in [9.17, 15) is 9.59 Å². The fraction of sp³-hybridized carbons (Fsp3) is 0.333. The summed E-state index contributed by atoms with van der Waals surface area (Å²) in [6, 6.07) is 6.63. The van der Waals surface area contributed by atoms with Crippen molar-refractivity contribution < 1.29 is 18.5 Å². The molecule has 1 aliphatic heterocycles. The second-order valence-electron chi connectivity index (χ2n) is 10.4. The summed E-state index contributed by atoms with van der Waals surface area (Å²) >= 11 is 0. The number of rotatable bonds is 7. The van der Waals surface area contributed by atoms with Crippen LogP contribution in [-0.4, -0.2) is 56.3 Å². The molecule has 12 heteroatoms. The van der Waals surface area contributed by atoms with Crippen LogP contribution in [0.2, 0.25) is 0 Å². The van der Waals surface area contributed by atoms with Crippen LogP contribution in [0.5, 0.6) is 0 Å². The number of carbonyl (C=O) groups is 2. The lowest BCUT2D eigenvalue weighted by molar-refractivity contribution is -0.117. The van der Waals surface area contributed by atoms with E-state index in [1.54, 1.807) is 18.3 Å². The zero-order valence-corrected chi connectivity index (χ0v) is 21.9. The van der Waals surface area contributed by atoms with Gasteiger partial charge in [0, 0.05) is 42.9 Å². The highest BCUT2D eigenvalue weighted by Crippen LogP contribution is 2.35. The summed E-state index contributed by atoms with van der Waals surface area (Å²) in [6.07, 6.45) is 3.66. The van der Waals surface area contributed by atoms with E-state index < -0.39 is 17.1 Å². The van der Waals surface area contributed by atoms with Crippen molar-refractivity contribution in [3.63, 3.8) is 0 Å². The Kier molecular flexibility index (Phi) is 6.85. The van der Waals surface area contributed by atoms with Crippen LogP contribution in [0.3, 0.4) is 0 Å². The molecule has 11 nitrogen and oxygen atoms in total. The minimum Gasteiger partial charge on any atom is -0.352 e. The van der Waals surface area contributed by atoms with Crippen LogP contribution in [0.1, 0.15) is 49.3 Å². The molecule has 4 heterocycles. The first kappa shape index (κ1) is 26.0. The van der Waals surface area contributed by atoms with Gasteiger partial charge in [0.05, 0.1) is 5.39 Å². The molecule has 1 aromatic carbocycles. The summed E-state index contributed by atoms with van der Waals surface area (Å²) in [4.78, 5) is 34.8. The van der Waals surface area contributed by atoms with Crippen molar-refractivity contribution in [1.82, 2.24) is 36.0 Å². The molecule has 2 amide bonds. The second-order valence-corrected chi connectivity index (χ2v) is 10.4. The van der Waals surface area contributed by atoms with E-state index in [1.165, 1.54) is 12.1 Å². The number of halogens is 1. The second kappa shape index (κ2) is 10.3. The average Bonchev–Trinajstić information content (AvgIpc) is 3.66. The van der Waals surface area contributed by atoms with E-state index in [0.717, 1.165) is 17.4 Å². The summed E-state index contributed by atoms with van der Waals surface area (Å²) in [7, 11) is 0. The van der Waals surface area contributed by atoms with Crippen LogP contribution in [0.15, 0.2) is 47.6 Å². The SMILES string of the molecule is C=CC(=O)N[C@@H]1CCN(c2n[nH]c3nccc(-c4ccc(CNC(=O)c5noc(C(C)(C)C)n5)c(F)c4)c23)C1. The molecule has 3 aromatic heterocycles. The van der Waals surface area contributed by atoms with Gasteiger partial charge in [0.15, 0.2) is 11.5 Å². The first-order valence-electron chi connectivity index (χ1n) is 12.6. The van der Waals surface area contributed by atoms with Gasteiger partial charge in [-0.2, -0.15) is 10.1 Å². The van der Waals surface area contributed by atoms with Gasteiger partial charge < -0.3 is 20.1 Å². The summed E-state index contributed by atoms with van der Waals surface area (Å²) in [5, 5.41) is 17.5. The molecule has 0 saturated carbocycles. The van der Waals surface area contributed by atoms with Crippen LogP contribution >= 0.6 is 0 Å². The monoisotopic (exact) mass is 532 g/mol. The number of pyridine rings is 1. The van der Waals surface area contributed by atoms with Gasteiger partial charge in [0.2, 0.25) is 11.8 Å². The predicted octanol–water partition coefficient (Wildman–Crippen LogP) is 3.26. The quantitative estimate of drug-likeness (QED) is 0.308. The van der Waals surface area contributed by atoms with E-state index in [-0.39, 0.29) is 24.3 Å². The van der Waals surface area contributed by atoms with Crippen molar-refractivity contribution in [2.45, 2.75) is 45.2 Å². The summed E-state index contributed by atoms with van der Waals surface area (Å²) in [5.74, 6) is -0.303. The van der Waals surface area contributed by atoms with E-state index in [1.807, 2.05) is 26.8 Å². The van der Waals surface area contributed by atoms with Crippen LogP contribution in [0.4, 0.5) is 10.2 Å². The summed E-state index contributed by atoms with van der Waals surface area (Å²) < 4.78 is 20.3. The molecule has 0 spiro atoms. The molecule has 3 N–H and O–H groups in total. The molecule has 0 unspecified atom stereocenters. The standard InChI is InChI=1S/C27H29FN8O3/c1-5-20(37)31-17-9-11-36(14-17)24-21-18(8-10-29-22(21)33-34-24)15-6-7-16(19(28)12-15)13-30-25(38)23-32-26(39-35-23)27(2,3)4/h5-8,10,12,17H,1,9,11,13-14H2,2-4H3,(H,30,38)(H,31,37)(H,29,33,34)/t17-/m1/s1. The Morgan fingerprint density at radius 3 is 2.85 bits per heavy atom. The molecule has 0 aliphatic carbocycles. The van der Waals surface area contributed by atoms with Gasteiger partial charge >= 0.3 is 0 Å². The summed E-state index contributed by atoms with van der Waals surface area (Å²) in [5.41, 5.74) is 1.90. The van der Waals surface area contributed by atoms with E-state index in [0.29, 0.717) is 41.6 Å². The first-order chi connectivity index (χ1) is 18.6.